The monoisotopic (exact) mass is 1330 g/mol. The van der Waals surface area contributed by atoms with Gasteiger partial charge in [0.15, 0.2) is 0 Å². The summed E-state index contributed by atoms with van der Waals surface area (Å²) >= 11 is 0. The third-order valence-electron chi connectivity index (χ3n) is 27.1. The molecule has 93 heavy (non-hydrogen) atoms. The van der Waals surface area contributed by atoms with Gasteiger partial charge in [-0.15, -0.1) is 0 Å². The zero-order valence-electron chi connectivity index (χ0n) is 79.7. The Morgan fingerprint density at radius 3 is 0.430 bits per heavy atom. The first-order valence-corrected chi connectivity index (χ1v) is 39.5. The van der Waals surface area contributed by atoms with E-state index in [0.29, 0.717) is 81.2 Å². The highest BCUT2D eigenvalue weighted by molar-refractivity contribution is 4.85. The molecule has 0 rings (SSSR count). The summed E-state index contributed by atoms with van der Waals surface area (Å²) in [7, 11) is 0. The molecular formula is C93H208. The second kappa shape index (κ2) is 47.2. The van der Waals surface area contributed by atoms with E-state index in [9.17, 15) is 0 Å². The Morgan fingerprint density at radius 2 is 0.430 bits per heavy atom. The third-order valence-corrected chi connectivity index (χ3v) is 27.1. The van der Waals surface area contributed by atoms with Crippen molar-refractivity contribution in [3.8, 4) is 0 Å². The zero-order valence-corrected chi connectivity index (χ0v) is 79.7. The van der Waals surface area contributed by atoms with Crippen molar-refractivity contribution in [1.82, 2.24) is 0 Å². The minimum absolute atomic E-state index is 0.418. The normalized spacial score (nSPS) is 14.4. The summed E-state index contributed by atoms with van der Waals surface area (Å²) in [4.78, 5) is 0. The van der Waals surface area contributed by atoms with Crippen LogP contribution in [0.2, 0.25) is 0 Å². The smallest absolute Gasteiger partial charge is 0.0283 e. The molecule has 0 aliphatic rings. The Kier molecular flexibility index (Phi) is 59.5. The van der Waals surface area contributed by atoms with Crippen molar-refractivity contribution in [2.45, 2.75) is 462 Å². The summed E-state index contributed by atoms with van der Waals surface area (Å²) in [6.07, 6.45) is 5.13. The summed E-state index contributed by atoms with van der Waals surface area (Å²) in [6, 6.07) is 0. The van der Waals surface area contributed by atoms with Crippen LogP contribution in [0.5, 0.6) is 0 Å². The molecule has 0 amide bonds. The lowest BCUT2D eigenvalue weighted by Gasteiger charge is -2.42. The third kappa shape index (κ3) is 62.7. The number of hydrogen-bond acceptors (Lipinski definition) is 0. The molecule has 580 valence electrons. The molecule has 0 heteroatoms. The van der Waals surface area contributed by atoms with E-state index in [2.05, 4.69) is 436 Å². The number of hydrogen-bond donors (Lipinski definition) is 0. The average Bonchev–Trinajstić information content (AvgIpc) is 1.48. The fraction of sp³-hybridized carbons (Fsp3) is 1.00. The maximum atomic E-state index is 2.34. The van der Waals surface area contributed by atoms with E-state index in [-0.39, 0.29) is 0 Å². The summed E-state index contributed by atoms with van der Waals surface area (Å²) in [5.74, 6) is 9.03. The van der Waals surface area contributed by atoms with E-state index in [1.54, 1.807) is 0 Å². The van der Waals surface area contributed by atoms with Gasteiger partial charge in [0, 0.05) is 0 Å². The molecule has 0 aromatic heterocycles. The molecule has 0 spiro atoms. The van der Waals surface area contributed by atoms with Crippen LogP contribution in [-0.2, 0) is 0 Å². The van der Waals surface area contributed by atoms with Gasteiger partial charge in [0.25, 0.3) is 0 Å². The van der Waals surface area contributed by atoms with Crippen molar-refractivity contribution in [3.05, 3.63) is 0 Å². The Labute approximate surface area is 604 Å². The van der Waals surface area contributed by atoms with Crippen molar-refractivity contribution in [1.29, 1.82) is 0 Å². The fourth-order valence-electron chi connectivity index (χ4n) is 5.47. The Hall–Kier alpha value is 0. The molecule has 0 N–H and O–H groups in total. The first-order chi connectivity index (χ1) is 39.5. The van der Waals surface area contributed by atoms with Gasteiger partial charge < -0.3 is 0 Å². The maximum Gasteiger partial charge on any atom is -0.0283 e. The zero-order chi connectivity index (χ0) is 79.7. The first kappa shape index (κ1) is 117. The van der Waals surface area contributed by atoms with Gasteiger partial charge >= 0.3 is 0 Å². The van der Waals surface area contributed by atoms with Crippen LogP contribution in [0.4, 0.5) is 0 Å². The van der Waals surface area contributed by atoms with Gasteiger partial charge in [0.05, 0.1) is 0 Å². The predicted molar refractivity (Wildman–Crippen MR) is 451 cm³/mol. The molecule has 0 aliphatic heterocycles. The van der Waals surface area contributed by atoms with Gasteiger partial charge in [-0.3, -0.25) is 0 Å². The SMILES string of the molecule is CC(C)(C)C(C)(C)C.CC(C)(C)C(C)(C)C.CC(C)(C)C(C)(C)C.CC(C)C(C)(C)C(C)(C)C.CC(C)C(C)(C)C(C)C.CC(C)C(C)C(C)C.CC(C)[C@@H](C)C(C)(C)C.CCC(C)(C)C(C)(C)C.CCC(C)(C)C(C)C.CCC(C)C(C)(C)C.CC[C@@H](C)C(C)(C)C. The van der Waals surface area contributed by atoms with Crippen LogP contribution in [0.25, 0.3) is 0 Å². The molecule has 0 fully saturated rings. The minimum atomic E-state index is 0.418. The van der Waals surface area contributed by atoms with Crippen molar-refractivity contribution < 1.29 is 0 Å². The van der Waals surface area contributed by atoms with Crippen LogP contribution in [-0.4, -0.2) is 0 Å². The lowest BCUT2D eigenvalue weighted by Crippen LogP contribution is -2.34. The Balaban J connectivity index is -0.0000000884. The second-order valence-electron chi connectivity index (χ2n) is 45.8. The maximum absolute atomic E-state index is 2.34. The van der Waals surface area contributed by atoms with Crippen LogP contribution in [0.15, 0.2) is 0 Å². The van der Waals surface area contributed by atoms with Crippen LogP contribution >= 0.6 is 0 Å². The molecule has 0 bridgehead atoms. The van der Waals surface area contributed by atoms with Gasteiger partial charge in [-0.05, 0) is 146 Å². The molecule has 0 aromatic rings. The van der Waals surface area contributed by atoms with E-state index in [4.69, 9.17) is 0 Å². The molecule has 0 heterocycles. The van der Waals surface area contributed by atoms with Gasteiger partial charge in [0.2, 0.25) is 0 Å². The molecular weight excluding hydrogens is 1120 g/mol. The van der Waals surface area contributed by atoms with E-state index >= 15 is 0 Å². The van der Waals surface area contributed by atoms with Gasteiger partial charge in [-0.25, -0.2) is 0 Å². The highest BCUT2D eigenvalue weighted by Crippen LogP contribution is 2.44. The highest BCUT2D eigenvalue weighted by atomic mass is 14.4. The van der Waals surface area contributed by atoms with Crippen molar-refractivity contribution in [2.75, 3.05) is 0 Å². The standard InChI is InChI=1S/C10H22.3C9H20.7C8H18/c1-8(2)10(6,7)9(3,4)5;1-7-9(5,6)8(2,3)4;1-7(2)8(3)9(4,5)6;1-7(2)9(5,6)8(3)4;3*1-7(2,3)8(4,5)6;2*1-6-7(2)8(3,4)5;1-6-8(4,5)7(2)3;1-6(2)8(5)7(3)4/h8H,1-7H3;7H2,1-6H3;2*7-8H,1-6H3;3*1-6H3;3*7H,6H2,1-5H3;6-8H,1-5H3/t;;8-;;;;;7-;;;/m..1....1.../s1. The molecule has 0 nitrogen and oxygen atoms in total. The highest BCUT2D eigenvalue weighted by Gasteiger charge is 2.36. The first-order valence-electron chi connectivity index (χ1n) is 39.5. The lowest BCUT2D eigenvalue weighted by molar-refractivity contribution is 0.0737. The lowest BCUT2D eigenvalue weighted by atomic mass is 9.63. The van der Waals surface area contributed by atoms with Crippen molar-refractivity contribution in [2.24, 2.45) is 146 Å². The van der Waals surface area contributed by atoms with Crippen LogP contribution < -0.4 is 0 Å². The van der Waals surface area contributed by atoms with Crippen molar-refractivity contribution in [3.63, 3.8) is 0 Å². The van der Waals surface area contributed by atoms with Crippen LogP contribution in [0, 0.1) is 146 Å². The molecule has 0 saturated carbocycles. The minimum Gasteiger partial charge on any atom is -0.0651 e. The molecule has 1 unspecified atom stereocenters. The quantitative estimate of drug-likeness (QED) is 0.193. The Morgan fingerprint density at radius 1 is 0.215 bits per heavy atom. The summed E-state index contributed by atoms with van der Waals surface area (Å²) in [5, 5.41) is 0. The van der Waals surface area contributed by atoms with Gasteiger partial charge in [-0.2, -0.15) is 0 Å². The fourth-order valence-corrected chi connectivity index (χ4v) is 5.47. The van der Waals surface area contributed by atoms with Gasteiger partial charge in [-0.1, -0.05) is 462 Å². The molecule has 0 aromatic carbocycles. The molecule has 0 saturated heterocycles. The van der Waals surface area contributed by atoms with E-state index < -0.39 is 0 Å². The van der Waals surface area contributed by atoms with E-state index in [1.165, 1.54) is 25.7 Å². The largest absolute Gasteiger partial charge is 0.0651 e. The summed E-state index contributed by atoms with van der Waals surface area (Å²) in [6.45, 7) is 144. The number of rotatable bonds is 11. The second-order valence-corrected chi connectivity index (χ2v) is 45.8. The predicted octanol–water partition coefficient (Wildman–Crippen LogP) is 35.2. The summed E-state index contributed by atoms with van der Waals surface area (Å²) in [5.41, 5.74) is 6.95. The van der Waals surface area contributed by atoms with E-state index in [0.717, 1.165) is 65.1 Å². The van der Waals surface area contributed by atoms with Crippen molar-refractivity contribution >= 4 is 0 Å². The topological polar surface area (TPSA) is 0 Å². The van der Waals surface area contributed by atoms with Crippen LogP contribution in [0.3, 0.4) is 0 Å². The molecule has 0 radical (unpaired) electrons. The van der Waals surface area contributed by atoms with Gasteiger partial charge in [0.1, 0.15) is 0 Å². The molecule has 0 aliphatic carbocycles. The van der Waals surface area contributed by atoms with Crippen LogP contribution in [0.1, 0.15) is 462 Å². The Bertz CT molecular complexity index is 1500. The van der Waals surface area contributed by atoms with E-state index in [1.807, 2.05) is 0 Å². The summed E-state index contributed by atoms with van der Waals surface area (Å²) < 4.78 is 0. The average molecular weight is 1330 g/mol. The molecule has 3 atom stereocenters.